The van der Waals surface area contributed by atoms with Gasteiger partial charge in [-0.25, -0.2) is 14.8 Å². The van der Waals surface area contributed by atoms with Crippen molar-refractivity contribution in [1.29, 1.82) is 0 Å². The van der Waals surface area contributed by atoms with Gasteiger partial charge in [0.05, 0.1) is 33.7 Å². The van der Waals surface area contributed by atoms with Crippen LogP contribution in [-0.4, -0.2) is 27.6 Å². The van der Waals surface area contributed by atoms with Crippen molar-refractivity contribution < 1.29 is 14.3 Å². The standard InChI is InChI=1S/C20H17N3O3S/c1-12-17(22-15-5-3-2-4-14(15)21-12)11-26-20(25)13-6-7-18-16(10-13)23-19(24)8-9-27-18/h2-7,10H,8-9,11H2,1H3,(H,23,24). The summed E-state index contributed by atoms with van der Waals surface area (Å²) in [7, 11) is 0. The van der Waals surface area contributed by atoms with Crippen LogP contribution in [0.25, 0.3) is 11.0 Å². The van der Waals surface area contributed by atoms with Gasteiger partial charge in [-0.05, 0) is 37.3 Å². The number of fused-ring (bicyclic) bond motifs is 2. The molecule has 0 radical (unpaired) electrons. The first kappa shape index (κ1) is 17.5. The van der Waals surface area contributed by atoms with E-state index >= 15 is 0 Å². The van der Waals surface area contributed by atoms with E-state index in [0.717, 1.165) is 27.4 Å². The molecule has 6 nitrogen and oxygen atoms in total. The summed E-state index contributed by atoms with van der Waals surface area (Å²) in [6.07, 6.45) is 0.457. The molecule has 3 aromatic rings. The number of nitrogens with zero attached hydrogens (tertiary/aromatic N) is 2. The van der Waals surface area contributed by atoms with Crippen LogP contribution in [0.4, 0.5) is 5.69 Å². The zero-order chi connectivity index (χ0) is 18.8. The second kappa shape index (κ2) is 7.36. The van der Waals surface area contributed by atoms with Gasteiger partial charge >= 0.3 is 5.97 Å². The van der Waals surface area contributed by atoms with Crippen LogP contribution in [0.5, 0.6) is 0 Å². The van der Waals surface area contributed by atoms with Crippen molar-refractivity contribution in [2.75, 3.05) is 11.1 Å². The number of para-hydroxylation sites is 2. The van der Waals surface area contributed by atoms with Gasteiger partial charge in [-0.2, -0.15) is 0 Å². The minimum absolute atomic E-state index is 0.0424. The first-order valence-corrected chi connectivity index (χ1v) is 9.55. The normalized spacial score (nSPS) is 13.6. The molecule has 0 saturated carbocycles. The highest BCUT2D eigenvalue weighted by molar-refractivity contribution is 7.99. The maximum absolute atomic E-state index is 12.5. The molecule has 1 aromatic heterocycles. The predicted octanol–water partition coefficient (Wildman–Crippen LogP) is 3.73. The van der Waals surface area contributed by atoms with E-state index in [2.05, 4.69) is 15.3 Å². The average molecular weight is 379 g/mol. The third kappa shape index (κ3) is 3.78. The monoisotopic (exact) mass is 379 g/mol. The fourth-order valence-corrected chi connectivity index (χ4v) is 3.76. The molecule has 136 valence electrons. The number of hydrogen-bond donors (Lipinski definition) is 1. The van der Waals surface area contributed by atoms with Gasteiger partial charge in [-0.3, -0.25) is 4.79 Å². The van der Waals surface area contributed by atoms with Gasteiger partial charge in [-0.1, -0.05) is 12.1 Å². The molecular formula is C20H17N3O3S. The Morgan fingerprint density at radius 2 is 1.96 bits per heavy atom. The van der Waals surface area contributed by atoms with Gasteiger partial charge in [0, 0.05) is 17.1 Å². The Morgan fingerprint density at radius 1 is 1.19 bits per heavy atom. The van der Waals surface area contributed by atoms with Crippen LogP contribution in [0.1, 0.15) is 28.2 Å². The number of aryl methyl sites for hydroxylation is 1. The second-order valence-corrected chi connectivity index (χ2v) is 7.31. The Balaban J connectivity index is 1.51. The zero-order valence-corrected chi connectivity index (χ0v) is 15.5. The van der Waals surface area contributed by atoms with Crippen LogP contribution >= 0.6 is 11.8 Å². The van der Waals surface area contributed by atoms with Crippen LogP contribution in [0.3, 0.4) is 0 Å². The fourth-order valence-electron chi connectivity index (χ4n) is 2.83. The molecule has 1 aliphatic rings. The van der Waals surface area contributed by atoms with E-state index in [0.29, 0.717) is 23.4 Å². The summed E-state index contributed by atoms with van der Waals surface area (Å²) in [4.78, 5) is 34.2. The quantitative estimate of drug-likeness (QED) is 0.699. The molecule has 1 amide bonds. The highest BCUT2D eigenvalue weighted by Gasteiger charge is 2.17. The number of esters is 1. The smallest absolute Gasteiger partial charge is 0.338 e. The van der Waals surface area contributed by atoms with E-state index in [9.17, 15) is 9.59 Å². The maximum atomic E-state index is 12.5. The third-order valence-electron chi connectivity index (χ3n) is 4.26. The first-order chi connectivity index (χ1) is 13.1. The number of anilines is 1. The number of amides is 1. The summed E-state index contributed by atoms with van der Waals surface area (Å²) in [6.45, 7) is 1.89. The Morgan fingerprint density at radius 3 is 2.78 bits per heavy atom. The van der Waals surface area contributed by atoms with Crippen molar-refractivity contribution in [3.05, 3.63) is 59.4 Å². The summed E-state index contributed by atoms with van der Waals surface area (Å²) < 4.78 is 5.43. The molecule has 2 heterocycles. The lowest BCUT2D eigenvalue weighted by molar-refractivity contribution is -0.115. The molecule has 7 heteroatoms. The molecule has 0 bridgehead atoms. The topological polar surface area (TPSA) is 81.2 Å². The number of ether oxygens (including phenoxy) is 1. The summed E-state index contributed by atoms with van der Waals surface area (Å²) in [5.74, 6) is 0.215. The Labute approximate surface area is 160 Å². The van der Waals surface area contributed by atoms with Gasteiger partial charge in [-0.15, -0.1) is 11.8 Å². The van der Waals surface area contributed by atoms with Crippen LogP contribution in [0, 0.1) is 6.92 Å². The summed E-state index contributed by atoms with van der Waals surface area (Å²) in [6, 6.07) is 12.8. The minimum Gasteiger partial charge on any atom is -0.456 e. The molecule has 0 atom stereocenters. The van der Waals surface area contributed by atoms with Crippen molar-refractivity contribution in [3.8, 4) is 0 Å². The number of aromatic nitrogens is 2. The molecule has 2 aromatic carbocycles. The SMILES string of the molecule is Cc1nc2ccccc2nc1COC(=O)c1ccc2c(c1)NC(=O)CCS2. The molecule has 0 unspecified atom stereocenters. The van der Waals surface area contributed by atoms with Gasteiger partial charge in [0.15, 0.2) is 0 Å². The third-order valence-corrected chi connectivity index (χ3v) is 5.33. The summed E-state index contributed by atoms with van der Waals surface area (Å²) in [5, 5.41) is 2.83. The van der Waals surface area contributed by atoms with Crippen molar-refractivity contribution >= 4 is 40.4 Å². The van der Waals surface area contributed by atoms with E-state index in [-0.39, 0.29) is 12.5 Å². The Bertz CT molecular complexity index is 1050. The lowest BCUT2D eigenvalue weighted by Gasteiger charge is -2.10. The molecule has 0 saturated heterocycles. The van der Waals surface area contributed by atoms with Crippen LogP contribution in [0.2, 0.25) is 0 Å². The fraction of sp³-hybridized carbons (Fsp3) is 0.200. The van der Waals surface area contributed by atoms with Crippen LogP contribution in [-0.2, 0) is 16.1 Å². The van der Waals surface area contributed by atoms with E-state index in [1.54, 1.807) is 23.9 Å². The lowest BCUT2D eigenvalue weighted by Crippen LogP contribution is -2.12. The van der Waals surface area contributed by atoms with Crippen LogP contribution in [0.15, 0.2) is 47.4 Å². The lowest BCUT2D eigenvalue weighted by atomic mass is 10.2. The maximum Gasteiger partial charge on any atom is 0.338 e. The van der Waals surface area contributed by atoms with Crippen molar-refractivity contribution in [1.82, 2.24) is 9.97 Å². The van der Waals surface area contributed by atoms with Crippen molar-refractivity contribution in [2.45, 2.75) is 24.8 Å². The van der Waals surface area contributed by atoms with Gasteiger partial charge in [0.2, 0.25) is 5.91 Å². The van der Waals surface area contributed by atoms with E-state index in [4.69, 9.17) is 4.74 Å². The predicted molar refractivity (Wildman–Crippen MR) is 104 cm³/mol. The number of rotatable bonds is 3. The number of carbonyl (C=O) groups is 2. The summed E-state index contributed by atoms with van der Waals surface area (Å²) in [5.41, 5.74) is 3.97. The van der Waals surface area contributed by atoms with E-state index < -0.39 is 5.97 Å². The molecular weight excluding hydrogens is 362 g/mol. The van der Waals surface area contributed by atoms with Crippen molar-refractivity contribution in [3.63, 3.8) is 0 Å². The number of carbonyl (C=O) groups excluding carboxylic acids is 2. The molecule has 0 spiro atoms. The van der Waals surface area contributed by atoms with E-state index in [1.807, 2.05) is 37.3 Å². The first-order valence-electron chi connectivity index (χ1n) is 8.56. The van der Waals surface area contributed by atoms with Crippen molar-refractivity contribution in [2.24, 2.45) is 0 Å². The number of benzene rings is 2. The zero-order valence-electron chi connectivity index (χ0n) is 14.7. The molecule has 1 N–H and O–H groups in total. The van der Waals surface area contributed by atoms with Gasteiger partial charge < -0.3 is 10.1 Å². The largest absolute Gasteiger partial charge is 0.456 e. The van der Waals surface area contributed by atoms with Gasteiger partial charge in [0.1, 0.15) is 6.61 Å². The molecule has 1 aliphatic heterocycles. The highest BCUT2D eigenvalue weighted by atomic mass is 32.2. The molecule has 4 rings (SSSR count). The van der Waals surface area contributed by atoms with Gasteiger partial charge in [0.25, 0.3) is 0 Å². The number of thioether (sulfide) groups is 1. The Hall–Kier alpha value is -2.93. The molecule has 0 fully saturated rings. The molecule has 27 heavy (non-hydrogen) atoms. The Kier molecular flexibility index (Phi) is 4.77. The number of nitrogens with one attached hydrogen (secondary N) is 1. The average Bonchev–Trinajstić information content (AvgIpc) is 2.85. The van der Waals surface area contributed by atoms with Crippen LogP contribution < -0.4 is 5.32 Å². The number of hydrogen-bond acceptors (Lipinski definition) is 6. The molecule has 0 aliphatic carbocycles. The second-order valence-electron chi connectivity index (χ2n) is 6.18. The highest BCUT2D eigenvalue weighted by Crippen LogP contribution is 2.31. The van der Waals surface area contributed by atoms with E-state index in [1.165, 1.54) is 0 Å². The minimum atomic E-state index is -0.462. The summed E-state index contributed by atoms with van der Waals surface area (Å²) >= 11 is 1.59.